The van der Waals surface area contributed by atoms with Gasteiger partial charge in [-0.1, -0.05) is 24.3 Å². The monoisotopic (exact) mass is 361 g/mol. The Labute approximate surface area is 149 Å². The Morgan fingerprint density at radius 3 is 2.40 bits per heavy atom. The lowest BCUT2D eigenvalue weighted by molar-refractivity contribution is 0.278. The van der Waals surface area contributed by atoms with Crippen molar-refractivity contribution in [1.82, 2.24) is 4.31 Å². The molecule has 0 aliphatic heterocycles. The van der Waals surface area contributed by atoms with Crippen molar-refractivity contribution in [3.05, 3.63) is 66.7 Å². The van der Waals surface area contributed by atoms with Crippen molar-refractivity contribution in [2.24, 2.45) is 0 Å². The number of sulfonamides is 1. The van der Waals surface area contributed by atoms with Crippen LogP contribution in [0.3, 0.4) is 0 Å². The van der Waals surface area contributed by atoms with Crippen LogP contribution in [-0.2, 0) is 10.0 Å². The first-order chi connectivity index (χ1) is 12.0. The van der Waals surface area contributed by atoms with E-state index in [2.05, 4.69) is 6.58 Å². The average Bonchev–Trinajstić information content (AvgIpc) is 2.62. The van der Waals surface area contributed by atoms with Crippen LogP contribution in [0.1, 0.15) is 5.56 Å². The summed E-state index contributed by atoms with van der Waals surface area (Å²) in [6.45, 7) is 6.30. The van der Waals surface area contributed by atoms with Gasteiger partial charge in [-0.2, -0.15) is 4.31 Å². The average molecular weight is 361 g/mol. The van der Waals surface area contributed by atoms with E-state index in [9.17, 15) is 8.42 Å². The summed E-state index contributed by atoms with van der Waals surface area (Å²) >= 11 is 0. The lowest BCUT2D eigenvalue weighted by Gasteiger charge is -2.21. The van der Waals surface area contributed by atoms with Crippen molar-refractivity contribution < 1.29 is 17.9 Å². The summed E-state index contributed by atoms with van der Waals surface area (Å²) in [7, 11) is -2.09. The first kappa shape index (κ1) is 19.0. The van der Waals surface area contributed by atoms with Gasteiger partial charge in [0.25, 0.3) is 0 Å². The van der Waals surface area contributed by atoms with Crippen molar-refractivity contribution in [1.29, 1.82) is 0 Å². The molecule has 0 N–H and O–H groups in total. The maximum atomic E-state index is 12.8. The van der Waals surface area contributed by atoms with Gasteiger partial charge in [0.1, 0.15) is 18.1 Å². The van der Waals surface area contributed by atoms with Crippen molar-refractivity contribution in [2.45, 2.75) is 11.8 Å². The number of hydrogen-bond donors (Lipinski definition) is 0. The third kappa shape index (κ3) is 4.84. The van der Waals surface area contributed by atoms with E-state index in [4.69, 9.17) is 9.47 Å². The van der Waals surface area contributed by atoms with E-state index in [0.29, 0.717) is 5.75 Å². The van der Waals surface area contributed by atoms with Gasteiger partial charge in [-0.25, -0.2) is 8.42 Å². The molecular formula is C19H23NO4S. The molecule has 5 nitrogen and oxygen atoms in total. The van der Waals surface area contributed by atoms with Gasteiger partial charge < -0.3 is 9.47 Å². The number of aryl methyl sites for hydroxylation is 1. The Kier molecular flexibility index (Phi) is 6.61. The molecule has 2 aromatic rings. The summed E-state index contributed by atoms with van der Waals surface area (Å²) in [5.74, 6) is 1.36. The zero-order chi connectivity index (χ0) is 18.3. The van der Waals surface area contributed by atoms with Crippen molar-refractivity contribution >= 4 is 10.0 Å². The smallest absolute Gasteiger partial charge is 0.243 e. The lowest BCUT2D eigenvalue weighted by Crippen LogP contribution is -2.34. The van der Waals surface area contributed by atoms with E-state index in [0.717, 1.165) is 11.3 Å². The van der Waals surface area contributed by atoms with Crippen LogP contribution >= 0.6 is 0 Å². The van der Waals surface area contributed by atoms with Gasteiger partial charge in [-0.15, -0.1) is 6.58 Å². The largest absolute Gasteiger partial charge is 0.497 e. The summed E-state index contributed by atoms with van der Waals surface area (Å²) in [5.41, 5.74) is 1.01. The Bertz CT molecular complexity index is 800. The number of nitrogens with zero attached hydrogens (tertiary/aromatic N) is 1. The standard InChI is InChI=1S/C19H23NO4S/c1-4-13-20(14-15-24-19-8-6-5-7-16(19)2)25(21,22)18-11-9-17(23-3)10-12-18/h4-12H,1,13-15H2,2-3H3. The minimum Gasteiger partial charge on any atom is -0.497 e. The van der Waals surface area contributed by atoms with Crippen LogP contribution in [-0.4, -0.2) is 39.5 Å². The molecule has 0 amide bonds. The summed E-state index contributed by atoms with van der Waals surface area (Å²) in [6.07, 6.45) is 1.56. The SMILES string of the molecule is C=CCN(CCOc1ccccc1C)S(=O)(=O)c1ccc(OC)cc1. The molecule has 134 valence electrons. The van der Waals surface area contributed by atoms with Crippen LogP contribution in [0.25, 0.3) is 0 Å². The number of methoxy groups -OCH3 is 1. The second-order valence-electron chi connectivity index (χ2n) is 5.44. The molecule has 0 spiro atoms. The highest BCUT2D eigenvalue weighted by molar-refractivity contribution is 7.89. The highest BCUT2D eigenvalue weighted by Crippen LogP contribution is 2.20. The minimum absolute atomic E-state index is 0.214. The van der Waals surface area contributed by atoms with Gasteiger partial charge in [0, 0.05) is 13.1 Å². The first-order valence-electron chi connectivity index (χ1n) is 7.92. The second kappa shape index (κ2) is 8.69. The Hall–Kier alpha value is -2.31. The highest BCUT2D eigenvalue weighted by atomic mass is 32.2. The van der Waals surface area contributed by atoms with E-state index in [1.165, 1.54) is 23.5 Å². The third-order valence-electron chi connectivity index (χ3n) is 3.72. The van der Waals surface area contributed by atoms with Crippen LogP contribution < -0.4 is 9.47 Å². The second-order valence-corrected chi connectivity index (χ2v) is 7.38. The molecule has 0 aromatic heterocycles. The summed E-state index contributed by atoms with van der Waals surface area (Å²) in [6, 6.07) is 14.0. The summed E-state index contributed by atoms with van der Waals surface area (Å²) in [5, 5.41) is 0. The predicted molar refractivity (Wildman–Crippen MR) is 98.6 cm³/mol. The van der Waals surface area contributed by atoms with E-state index < -0.39 is 10.0 Å². The van der Waals surface area contributed by atoms with E-state index in [1.807, 2.05) is 31.2 Å². The van der Waals surface area contributed by atoms with Gasteiger partial charge in [0.15, 0.2) is 0 Å². The molecule has 2 aromatic carbocycles. The Balaban J connectivity index is 2.10. The molecule has 0 aliphatic carbocycles. The van der Waals surface area contributed by atoms with Crippen molar-refractivity contribution in [3.8, 4) is 11.5 Å². The molecular weight excluding hydrogens is 338 g/mol. The van der Waals surface area contributed by atoms with Crippen LogP contribution in [0.5, 0.6) is 11.5 Å². The molecule has 0 bridgehead atoms. The fourth-order valence-corrected chi connectivity index (χ4v) is 3.72. The fraction of sp³-hybridized carbons (Fsp3) is 0.263. The molecule has 0 saturated carbocycles. The zero-order valence-corrected chi connectivity index (χ0v) is 15.3. The number of hydrogen-bond acceptors (Lipinski definition) is 4. The predicted octanol–water partition coefficient (Wildman–Crippen LogP) is 3.26. The zero-order valence-electron chi connectivity index (χ0n) is 14.5. The van der Waals surface area contributed by atoms with Crippen LogP contribution in [0.4, 0.5) is 0 Å². The topological polar surface area (TPSA) is 55.8 Å². The molecule has 0 saturated heterocycles. The Morgan fingerprint density at radius 1 is 1.12 bits per heavy atom. The Morgan fingerprint density at radius 2 is 1.80 bits per heavy atom. The maximum Gasteiger partial charge on any atom is 0.243 e. The van der Waals surface area contributed by atoms with Gasteiger partial charge in [-0.05, 0) is 42.8 Å². The highest BCUT2D eigenvalue weighted by Gasteiger charge is 2.23. The normalized spacial score (nSPS) is 11.3. The fourth-order valence-electron chi connectivity index (χ4n) is 2.33. The van der Waals surface area contributed by atoms with Crippen LogP contribution in [0.2, 0.25) is 0 Å². The molecule has 0 unspecified atom stereocenters. The third-order valence-corrected chi connectivity index (χ3v) is 5.60. The molecule has 6 heteroatoms. The van der Waals surface area contributed by atoms with E-state index in [1.54, 1.807) is 18.2 Å². The number of ether oxygens (including phenoxy) is 2. The molecule has 2 rings (SSSR count). The van der Waals surface area contributed by atoms with Crippen LogP contribution in [0.15, 0.2) is 66.1 Å². The molecule has 0 heterocycles. The van der Waals surface area contributed by atoms with Crippen molar-refractivity contribution in [2.75, 3.05) is 26.8 Å². The van der Waals surface area contributed by atoms with E-state index in [-0.39, 0.29) is 24.6 Å². The molecule has 0 aliphatic rings. The van der Waals surface area contributed by atoms with Gasteiger partial charge >= 0.3 is 0 Å². The molecule has 0 atom stereocenters. The number of rotatable bonds is 9. The van der Waals surface area contributed by atoms with E-state index >= 15 is 0 Å². The first-order valence-corrected chi connectivity index (χ1v) is 9.36. The molecule has 0 fully saturated rings. The van der Waals surface area contributed by atoms with Gasteiger partial charge in [0.05, 0.1) is 12.0 Å². The summed E-state index contributed by atoms with van der Waals surface area (Å²) < 4.78 is 37.8. The molecule has 25 heavy (non-hydrogen) atoms. The maximum absolute atomic E-state index is 12.8. The van der Waals surface area contributed by atoms with Gasteiger partial charge in [-0.3, -0.25) is 0 Å². The quantitative estimate of drug-likeness (QED) is 0.643. The van der Waals surface area contributed by atoms with Gasteiger partial charge in [0.2, 0.25) is 10.0 Å². The molecule has 0 radical (unpaired) electrons. The minimum atomic E-state index is -3.63. The van der Waals surface area contributed by atoms with Crippen LogP contribution in [0, 0.1) is 6.92 Å². The number of benzene rings is 2. The summed E-state index contributed by atoms with van der Waals surface area (Å²) in [4.78, 5) is 0.214. The van der Waals surface area contributed by atoms with Crippen molar-refractivity contribution in [3.63, 3.8) is 0 Å². The number of para-hydroxylation sites is 1. The lowest BCUT2D eigenvalue weighted by atomic mass is 10.2.